The van der Waals surface area contributed by atoms with Crippen molar-refractivity contribution in [3.8, 4) is 0 Å². The minimum absolute atomic E-state index is 0.252. The minimum atomic E-state index is -1.59. The van der Waals surface area contributed by atoms with Crippen molar-refractivity contribution in [2.24, 2.45) is 5.73 Å². The first-order valence-electron chi connectivity index (χ1n) is 8.43. The van der Waals surface area contributed by atoms with Crippen LogP contribution >= 0.6 is 0 Å². The zero-order chi connectivity index (χ0) is 20.7. The average molecular weight is 390 g/mol. The molecule has 1 fully saturated rings. The molecule has 1 aliphatic rings. The standard InChI is InChI=1S/C15H26N4O8/c1-7(22)11(13(24)17-9(6-21)15(26)27)18-12(23)10-3-2-4-19(10)14(25)8(16)5-20/h7-11,20-22H,2-6,16H2,1H3,(H,17,24)(H,18,23)(H,26,27)/t7-,8+,9+,10+,11+/m1/s1. The average Bonchev–Trinajstić information content (AvgIpc) is 3.11. The predicted molar refractivity (Wildman–Crippen MR) is 90.1 cm³/mol. The van der Waals surface area contributed by atoms with E-state index in [1.54, 1.807) is 0 Å². The molecular weight excluding hydrogens is 364 g/mol. The molecule has 0 bridgehead atoms. The Balaban J connectivity index is 2.84. The maximum atomic E-state index is 12.5. The van der Waals surface area contributed by atoms with Crippen LogP contribution in [0.2, 0.25) is 0 Å². The van der Waals surface area contributed by atoms with Gasteiger partial charge in [0.1, 0.15) is 24.2 Å². The molecule has 12 heteroatoms. The second kappa shape index (κ2) is 10.2. The number of nitrogens with zero attached hydrogens (tertiary/aromatic N) is 1. The van der Waals surface area contributed by atoms with Gasteiger partial charge in [-0.05, 0) is 19.8 Å². The lowest BCUT2D eigenvalue weighted by Crippen LogP contribution is -2.60. The molecule has 0 saturated carbocycles. The van der Waals surface area contributed by atoms with Crippen LogP contribution in [0, 0.1) is 0 Å². The van der Waals surface area contributed by atoms with Gasteiger partial charge >= 0.3 is 5.97 Å². The number of amides is 3. The van der Waals surface area contributed by atoms with Gasteiger partial charge in [-0.1, -0.05) is 0 Å². The van der Waals surface area contributed by atoms with E-state index in [0.717, 1.165) is 0 Å². The fourth-order valence-electron chi connectivity index (χ4n) is 2.70. The summed E-state index contributed by atoms with van der Waals surface area (Å²) < 4.78 is 0. The molecule has 0 radical (unpaired) electrons. The van der Waals surface area contributed by atoms with Crippen LogP contribution < -0.4 is 16.4 Å². The van der Waals surface area contributed by atoms with Crippen molar-refractivity contribution in [3.05, 3.63) is 0 Å². The lowest BCUT2D eigenvalue weighted by atomic mass is 10.1. The van der Waals surface area contributed by atoms with Crippen LogP contribution in [0.1, 0.15) is 19.8 Å². The number of hydrogen-bond acceptors (Lipinski definition) is 8. The van der Waals surface area contributed by atoms with Gasteiger partial charge in [0.2, 0.25) is 17.7 Å². The molecule has 8 N–H and O–H groups in total. The summed E-state index contributed by atoms with van der Waals surface area (Å²) in [5.74, 6) is -3.81. The lowest BCUT2D eigenvalue weighted by Gasteiger charge is -2.29. The SMILES string of the molecule is C[C@@H](O)[C@H](NC(=O)[C@@H]1CCCN1C(=O)[C@@H](N)CO)C(=O)N[C@@H](CO)C(=O)O. The van der Waals surface area contributed by atoms with Gasteiger partial charge in [-0.2, -0.15) is 0 Å². The normalized spacial score (nSPS) is 21.1. The van der Waals surface area contributed by atoms with Gasteiger partial charge in [-0.25, -0.2) is 4.79 Å². The molecular formula is C15H26N4O8. The number of likely N-dealkylation sites (tertiary alicyclic amines) is 1. The summed E-state index contributed by atoms with van der Waals surface area (Å²) in [5, 5.41) is 40.9. The van der Waals surface area contributed by atoms with E-state index in [4.69, 9.17) is 21.1 Å². The van der Waals surface area contributed by atoms with E-state index in [2.05, 4.69) is 5.32 Å². The summed E-state index contributed by atoms with van der Waals surface area (Å²) in [6.07, 6.45) is -0.551. The van der Waals surface area contributed by atoms with E-state index in [0.29, 0.717) is 12.8 Å². The Bertz CT molecular complexity index is 570. The monoisotopic (exact) mass is 390 g/mol. The number of nitrogens with one attached hydrogen (secondary N) is 2. The van der Waals surface area contributed by atoms with Crippen molar-refractivity contribution >= 4 is 23.7 Å². The second-order valence-corrected chi connectivity index (χ2v) is 6.29. The topological polar surface area (TPSA) is 203 Å². The van der Waals surface area contributed by atoms with Crippen LogP contribution in [0.3, 0.4) is 0 Å². The van der Waals surface area contributed by atoms with Crippen LogP contribution in [0.15, 0.2) is 0 Å². The molecule has 5 atom stereocenters. The third kappa shape index (κ3) is 5.85. The van der Waals surface area contributed by atoms with Gasteiger partial charge in [-0.15, -0.1) is 0 Å². The van der Waals surface area contributed by atoms with Crippen molar-refractivity contribution in [3.63, 3.8) is 0 Å². The summed E-state index contributed by atoms with van der Waals surface area (Å²) in [6.45, 7) is 0.0197. The molecule has 12 nitrogen and oxygen atoms in total. The van der Waals surface area contributed by atoms with Crippen molar-refractivity contribution in [1.29, 1.82) is 0 Å². The smallest absolute Gasteiger partial charge is 0.328 e. The Labute approximate surface area is 155 Å². The van der Waals surface area contributed by atoms with Gasteiger partial charge in [0.15, 0.2) is 0 Å². The summed E-state index contributed by atoms with van der Waals surface area (Å²) in [7, 11) is 0. The third-order valence-electron chi connectivity index (χ3n) is 4.21. The van der Waals surface area contributed by atoms with E-state index in [1.807, 2.05) is 5.32 Å². The highest BCUT2D eigenvalue weighted by atomic mass is 16.4. The summed E-state index contributed by atoms with van der Waals surface area (Å²) in [5.41, 5.74) is 5.50. The maximum absolute atomic E-state index is 12.5. The minimum Gasteiger partial charge on any atom is -0.480 e. The van der Waals surface area contributed by atoms with Gasteiger partial charge in [0, 0.05) is 6.54 Å². The first-order chi connectivity index (χ1) is 12.6. The number of aliphatic carboxylic acids is 1. The fraction of sp³-hybridized carbons (Fsp3) is 0.733. The number of carbonyl (C=O) groups excluding carboxylic acids is 3. The first kappa shape index (κ1) is 22.8. The molecule has 0 aromatic rings. The first-order valence-corrected chi connectivity index (χ1v) is 8.43. The Morgan fingerprint density at radius 1 is 1.19 bits per heavy atom. The van der Waals surface area contributed by atoms with E-state index in [-0.39, 0.29) is 6.54 Å². The van der Waals surface area contributed by atoms with Crippen molar-refractivity contribution in [2.75, 3.05) is 19.8 Å². The number of aliphatic hydroxyl groups is 3. The molecule has 1 aliphatic heterocycles. The third-order valence-corrected chi connectivity index (χ3v) is 4.21. The molecule has 0 unspecified atom stereocenters. The molecule has 154 valence electrons. The highest BCUT2D eigenvalue weighted by Crippen LogP contribution is 2.18. The maximum Gasteiger partial charge on any atom is 0.328 e. The van der Waals surface area contributed by atoms with Gasteiger partial charge in [-0.3, -0.25) is 14.4 Å². The van der Waals surface area contributed by atoms with Gasteiger partial charge in [0.25, 0.3) is 0 Å². The Morgan fingerprint density at radius 2 is 1.81 bits per heavy atom. The molecule has 0 aromatic carbocycles. The Hall–Kier alpha value is -2.28. The van der Waals surface area contributed by atoms with E-state index < -0.39 is 67.2 Å². The van der Waals surface area contributed by atoms with Gasteiger partial charge < -0.3 is 41.7 Å². The molecule has 0 aliphatic carbocycles. The van der Waals surface area contributed by atoms with Crippen LogP contribution in [-0.2, 0) is 19.2 Å². The number of aliphatic hydroxyl groups excluding tert-OH is 3. The van der Waals surface area contributed by atoms with Crippen LogP contribution in [-0.4, -0.2) is 99.0 Å². The zero-order valence-corrected chi connectivity index (χ0v) is 14.9. The largest absolute Gasteiger partial charge is 0.480 e. The van der Waals surface area contributed by atoms with Crippen LogP contribution in [0.5, 0.6) is 0 Å². The van der Waals surface area contributed by atoms with Crippen molar-refractivity contribution in [2.45, 2.75) is 50.0 Å². The quantitative estimate of drug-likeness (QED) is 0.203. The van der Waals surface area contributed by atoms with Crippen molar-refractivity contribution < 1.29 is 39.6 Å². The molecule has 3 amide bonds. The summed E-state index contributed by atoms with van der Waals surface area (Å²) in [6, 6.07) is -5.19. The second-order valence-electron chi connectivity index (χ2n) is 6.29. The van der Waals surface area contributed by atoms with E-state index in [9.17, 15) is 24.3 Å². The predicted octanol–water partition coefficient (Wildman–Crippen LogP) is -4.28. The number of carboxylic acids is 1. The summed E-state index contributed by atoms with van der Waals surface area (Å²) in [4.78, 5) is 48.9. The van der Waals surface area contributed by atoms with E-state index in [1.165, 1.54) is 11.8 Å². The van der Waals surface area contributed by atoms with Crippen molar-refractivity contribution in [1.82, 2.24) is 15.5 Å². The molecule has 0 aromatic heterocycles. The van der Waals surface area contributed by atoms with Crippen LogP contribution in [0.25, 0.3) is 0 Å². The van der Waals surface area contributed by atoms with Crippen LogP contribution in [0.4, 0.5) is 0 Å². The summed E-state index contributed by atoms with van der Waals surface area (Å²) >= 11 is 0. The molecule has 0 spiro atoms. The molecule has 27 heavy (non-hydrogen) atoms. The zero-order valence-electron chi connectivity index (χ0n) is 14.9. The number of carboxylic acid groups (broad SMARTS) is 1. The Kier molecular flexibility index (Phi) is 8.56. The Morgan fingerprint density at radius 3 is 2.30 bits per heavy atom. The number of hydrogen-bond donors (Lipinski definition) is 7. The number of rotatable bonds is 9. The highest BCUT2D eigenvalue weighted by molar-refractivity contribution is 5.94. The van der Waals surface area contributed by atoms with E-state index >= 15 is 0 Å². The number of carbonyl (C=O) groups is 4. The fourth-order valence-corrected chi connectivity index (χ4v) is 2.70. The highest BCUT2D eigenvalue weighted by Gasteiger charge is 2.38. The molecule has 1 heterocycles. The molecule has 1 saturated heterocycles. The number of nitrogens with two attached hydrogens (primary N) is 1. The lowest BCUT2D eigenvalue weighted by molar-refractivity contribution is -0.145. The van der Waals surface area contributed by atoms with Gasteiger partial charge in [0.05, 0.1) is 19.3 Å². The molecule has 1 rings (SSSR count).